The number of carbonyl (C=O) groups excluding carboxylic acids is 1. The Hall–Kier alpha value is -1.81. The maximum absolute atomic E-state index is 11.9. The van der Waals surface area contributed by atoms with Gasteiger partial charge < -0.3 is 10.1 Å². The van der Waals surface area contributed by atoms with Gasteiger partial charge in [-0.2, -0.15) is 0 Å². The zero-order valence-electron chi connectivity index (χ0n) is 15.1. The molecule has 0 atom stereocenters. The number of benzene rings is 2. The number of carbonyl (C=O) groups is 1. The molecule has 0 aliphatic heterocycles. The second-order valence-corrected chi connectivity index (χ2v) is 7.43. The molecule has 1 amide bonds. The zero-order valence-corrected chi connectivity index (χ0v) is 16.7. The summed E-state index contributed by atoms with van der Waals surface area (Å²) in [4.78, 5) is 11.9. The van der Waals surface area contributed by atoms with Crippen molar-refractivity contribution >= 4 is 21.8 Å². The fraction of sp³-hybridized carbons (Fsp3) is 0.381. The van der Waals surface area contributed by atoms with E-state index in [1.165, 1.54) is 16.7 Å². The van der Waals surface area contributed by atoms with Crippen LogP contribution in [0.5, 0.6) is 5.75 Å². The van der Waals surface area contributed by atoms with Crippen molar-refractivity contribution in [3.63, 3.8) is 0 Å². The topological polar surface area (TPSA) is 38.3 Å². The van der Waals surface area contributed by atoms with E-state index in [1.807, 2.05) is 18.2 Å². The molecule has 0 saturated carbocycles. The van der Waals surface area contributed by atoms with Crippen molar-refractivity contribution in [1.29, 1.82) is 0 Å². The number of ether oxygens (including phenoxy) is 1. The molecule has 0 aliphatic rings. The molecule has 0 heterocycles. The summed E-state index contributed by atoms with van der Waals surface area (Å²) in [6, 6.07) is 14.4. The molecule has 134 valence electrons. The summed E-state index contributed by atoms with van der Waals surface area (Å²) in [6.07, 6.45) is 1.88. The predicted molar refractivity (Wildman–Crippen MR) is 106 cm³/mol. The first-order chi connectivity index (χ1) is 12.0. The van der Waals surface area contributed by atoms with Crippen LogP contribution in [0.2, 0.25) is 0 Å². The lowest BCUT2D eigenvalue weighted by Crippen LogP contribution is -2.30. The average molecular weight is 404 g/mol. The zero-order chi connectivity index (χ0) is 18.2. The summed E-state index contributed by atoms with van der Waals surface area (Å²) < 4.78 is 6.49. The highest BCUT2D eigenvalue weighted by Gasteiger charge is 2.08. The highest BCUT2D eigenvalue weighted by atomic mass is 79.9. The van der Waals surface area contributed by atoms with Crippen LogP contribution in [0.15, 0.2) is 46.9 Å². The molecule has 2 rings (SSSR count). The normalized spacial score (nSPS) is 10.8. The molecule has 1 N–H and O–H groups in total. The highest BCUT2D eigenvalue weighted by molar-refractivity contribution is 9.10. The summed E-state index contributed by atoms with van der Waals surface area (Å²) in [6.45, 7) is 7.07. The third-order valence-electron chi connectivity index (χ3n) is 4.03. The third-order valence-corrected chi connectivity index (χ3v) is 4.65. The molecule has 0 unspecified atom stereocenters. The van der Waals surface area contributed by atoms with Crippen LogP contribution < -0.4 is 10.1 Å². The van der Waals surface area contributed by atoms with E-state index in [0.29, 0.717) is 18.2 Å². The molecular weight excluding hydrogens is 378 g/mol. The number of aryl methyl sites for hydroxylation is 2. The quantitative estimate of drug-likeness (QED) is 0.629. The van der Waals surface area contributed by atoms with E-state index in [2.05, 4.69) is 66.3 Å². The number of hydrogen-bond acceptors (Lipinski definition) is 2. The Morgan fingerprint density at radius 2 is 2.00 bits per heavy atom. The smallest absolute Gasteiger partial charge is 0.257 e. The monoisotopic (exact) mass is 403 g/mol. The van der Waals surface area contributed by atoms with Gasteiger partial charge in [0.1, 0.15) is 5.75 Å². The molecule has 0 spiro atoms. The van der Waals surface area contributed by atoms with Crippen molar-refractivity contribution in [3.05, 3.63) is 63.6 Å². The van der Waals surface area contributed by atoms with E-state index in [0.717, 1.165) is 17.3 Å². The lowest BCUT2D eigenvalue weighted by molar-refractivity contribution is -0.123. The van der Waals surface area contributed by atoms with Crippen molar-refractivity contribution in [3.8, 4) is 5.75 Å². The van der Waals surface area contributed by atoms with Crippen LogP contribution in [0, 0.1) is 6.92 Å². The molecule has 0 bridgehead atoms. The van der Waals surface area contributed by atoms with Crippen LogP contribution in [-0.4, -0.2) is 19.1 Å². The molecular formula is C21H26BrNO2. The molecule has 0 aromatic heterocycles. The van der Waals surface area contributed by atoms with Gasteiger partial charge in [0.25, 0.3) is 5.91 Å². The number of nitrogens with one attached hydrogen (secondary N) is 1. The number of halogens is 1. The van der Waals surface area contributed by atoms with E-state index in [1.54, 1.807) is 0 Å². The second-order valence-electron chi connectivity index (χ2n) is 6.58. The van der Waals surface area contributed by atoms with Gasteiger partial charge in [-0.1, -0.05) is 49.7 Å². The standard InChI is InChI=1S/C21H26BrNO2/c1-15(2)18-9-10-20(19(22)13-18)25-14-21(24)23-11-5-8-17-7-4-6-16(3)12-17/h4,6-7,9-10,12-13,15H,5,8,11,14H2,1-3H3,(H,23,24). The van der Waals surface area contributed by atoms with Gasteiger partial charge in [0, 0.05) is 6.54 Å². The highest BCUT2D eigenvalue weighted by Crippen LogP contribution is 2.28. The summed E-state index contributed by atoms with van der Waals surface area (Å²) >= 11 is 3.50. The van der Waals surface area contributed by atoms with Gasteiger partial charge in [0.05, 0.1) is 4.47 Å². The summed E-state index contributed by atoms with van der Waals surface area (Å²) in [7, 11) is 0. The van der Waals surface area contributed by atoms with Crippen LogP contribution in [0.3, 0.4) is 0 Å². The van der Waals surface area contributed by atoms with Crippen LogP contribution in [0.25, 0.3) is 0 Å². The summed E-state index contributed by atoms with van der Waals surface area (Å²) in [5, 5.41) is 2.91. The van der Waals surface area contributed by atoms with Crippen LogP contribution >= 0.6 is 15.9 Å². The largest absolute Gasteiger partial charge is 0.483 e. The van der Waals surface area contributed by atoms with Gasteiger partial charge in [-0.25, -0.2) is 0 Å². The van der Waals surface area contributed by atoms with Crippen molar-refractivity contribution in [2.24, 2.45) is 0 Å². The number of amides is 1. The van der Waals surface area contributed by atoms with Gasteiger partial charge in [0.15, 0.2) is 6.61 Å². The Kier molecular flexibility index (Phi) is 7.51. The molecule has 0 aliphatic carbocycles. The fourth-order valence-corrected chi connectivity index (χ4v) is 3.09. The number of rotatable bonds is 8. The van der Waals surface area contributed by atoms with Gasteiger partial charge in [-0.15, -0.1) is 0 Å². The van der Waals surface area contributed by atoms with Gasteiger partial charge in [0.2, 0.25) is 0 Å². The Bertz CT molecular complexity index is 713. The Morgan fingerprint density at radius 3 is 2.68 bits per heavy atom. The van der Waals surface area contributed by atoms with E-state index in [-0.39, 0.29) is 12.5 Å². The van der Waals surface area contributed by atoms with E-state index in [4.69, 9.17) is 4.74 Å². The minimum atomic E-state index is -0.0934. The Morgan fingerprint density at radius 1 is 1.20 bits per heavy atom. The fourth-order valence-electron chi connectivity index (χ4n) is 2.58. The Balaban J connectivity index is 1.70. The van der Waals surface area contributed by atoms with Crippen LogP contribution in [0.4, 0.5) is 0 Å². The van der Waals surface area contributed by atoms with Crippen molar-refractivity contribution < 1.29 is 9.53 Å². The minimum Gasteiger partial charge on any atom is -0.483 e. The lowest BCUT2D eigenvalue weighted by Gasteiger charge is -2.11. The van der Waals surface area contributed by atoms with Crippen molar-refractivity contribution in [2.75, 3.05) is 13.2 Å². The lowest BCUT2D eigenvalue weighted by atomic mass is 10.0. The van der Waals surface area contributed by atoms with Crippen LogP contribution in [-0.2, 0) is 11.2 Å². The molecule has 2 aromatic rings. The average Bonchev–Trinajstić information content (AvgIpc) is 2.57. The molecule has 4 heteroatoms. The molecule has 3 nitrogen and oxygen atoms in total. The summed E-state index contributed by atoms with van der Waals surface area (Å²) in [5.74, 6) is 1.06. The maximum atomic E-state index is 11.9. The van der Waals surface area contributed by atoms with Crippen LogP contribution in [0.1, 0.15) is 42.9 Å². The first-order valence-electron chi connectivity index (χ1n) is 8.70. The molecule has 0 radical (unpaired) electrons. The first-order valence-corrected chi connectivity index (χ1v) is 9.49. The number of hydrogen-bond donors (Lipinski definition) is 1. The maximum Gasteiger partial charge on any atom is 0.257 e. The third kappa shape index (κ3) is 6.54. The predicted octanol–water partition coefficient (Wildman–Crippen LogP) is 5.01. The van der Waals surface area contributed by atoms with Gasteiger partial charge >= 0.3 is 0 Å². The van der Waals surface area contributed by atoms with E-state index >= 15 is 0 Å². The molecule has 25 heavy (non-hydrogen) atoms. The SMILES string of the molecule is Cc1cccc(CCCNC(=O)COc2ccc(C(C)C)cc2Br)c1. The molecule has 2 aromatic carbocycles. The van der Waals surface area contributed by atoms with E-state index < -0.39 is 0 Å². The molecule has 0 saturated heterocycles. The first kappa shape index (κ1) is 19.5. The van der Waals surface area contributed by atoms with Crippen molar-refractivity contribution in [1.82, 2.24) is 5.32 Å². The van der Waals surface area contributed by atoms with Crippen molar-refractivity contribution in [2.45, 2.75) is 39.5 Å². The van der Waals surface area contributed by atoms with E-state index in [9.17, 15) is 4.79 Å². The molecule has 0 fully saturated rings. The van der Waals surface area contributed by atoms with Gasteiger partial charge in [-0.05, 0) is 64.9 Å². The van der Waals surface area contributed by atoms with Gasteiger partial charge in [-0.3, -0.25) is 4.79 Å². The summed E-state index contributed by atoms with van der Waals surface area (Å²) in [5.41, 5.74) is 3.81. The minimum absolute atomic E-state index is 0.0318. The second kappa shape index (κ2) is 9.62. The Labute approximate surface area is 158 Å².